The van der Waals surface area contributed by atoms with Gasteiger partial charge in [-0.1, -0.05) is 63.5 Å². The van der Waals surface area contributed by atoms with Gasteiger partial charge in [0.25, 0.3) is 0 Å². The maximum Gasteiger partial charge on any atom is 0.151 e. The molecule has 0 aliphatic rings. The molecule has 0 unspecified atom stereocenters. The van der Waals surface area contributed by atoms with E-state index in [0.29, 0.717) is 5.15 Å². The Balaban J connectivity index is 1.91. The van der Waals surface area contributed by atoms with Crippen molar-refractivity contribution in [2.24, 2.45) is 0 Å². The lowest BCUT2D eigenvalue weighted by Crippen LogP contribution is -2.03. The average Bonchev–Trinajstić information content (AvgIpc) is 2.39. The molecule has 1 aromatic heterocycles. The van der Waals surface area contributed by atoms with Crippen LogP contribution in [0.3, 0.4) is 0 Å². The van der Waals surface area contributed by atoms with E-state index in [1.807, 2.05) is 6.07 Å². The smallest absolute Gasteiger partial charge is 0.151 e. The molecule has 0 bridgehead atoms. The van der Waals surface area contributed by atoms with Gasteiger partial charge in [-0.25, -0.2) is 0 Å². The predicted molar refractivity (Wildman–Crippen MR) is 78.1 cm³/mol. The van der Waals surface area contributed by atoms with E-state index in [0.717, 1.165) is 12.4 Å². The molecule has 0 aromatic carbocycles. The van der Waals surface area contributed by atoms with Gasteiger partial charge in [-0.3, -0.25) is 0 Å². The predicted octanol–water partition coefficient (Wildman–Crippen LogP) is 4.68. The molecule has 0 aliphatic heterocycles. The summed E-state index contributed by atoms with van der Waals surface area (Å²) in [5.41, 5.74) is 0. The Morgan fingerprint density at radius 2 is 1.61 bits per heavy atom. The third-order valence-corrected chi connectivity index (χ3v) is 3.17. The maximum absolute atomic E-state index is 5.66. The molecule has 0 aliphatic carbocycles. The number of nitrogens with zero attached hydrogens (tertiary/aromatic N) is 2. The summed E-state index contributed by atoms with van der Waals surface area (Å²) in [7, 11) is 0. The Morgan fingerprint density at radius 1 is 0.944 bits per heavy atom. The molecular formula is C14H24ClN3. The third-order valence-electron chi connectivity index (χ3n) is 2.97. The van der Waals surface area contributed by atoms with Crippen LogP contribution in [0.2, 0.25) is 5.15 Å². The van der Waals surface area contributed by atoms with Crippen molar-refractivity contribution in [3.05, 3.63) is 17.3 Å². The molecule has 0 fully saturated rings. The fraction of sp³-hybridized carbons (Fsp3) is 0.714. The van der Waals surface area contributed by atoms with Crippen molar-refractivity contribution in [2.75, 3.05) is 11.9 Å². The largest absolute Gasteiger partial charge is 0.369 e. The molecule has 1 rings (SSSR count). The Labute approximate surface area is 115 Å². The number of hydrogen-bond donors (Lipinski definition) is 1. The standard InChI is InChI=1S/C14H24ClN3/c1-2-3-4-5-6-7-8-9-12-16-14-11-10-13(15)17-18-14/h10-11H,2-9,12H2,1H3,(H,16,18). The van der Waals surface area contributed by atoms with Crippen molar-refractivity contribution in [3.63, 3.8) is 0 Å². The van der Waals surface area contributed by atoms with Gasteiger partial charge in [-0.15, -0.1) is 10.2 Å². The van der Waals surface area contributed by atoms with Gasteiger partial charge in [-0.05, 0) is 18.6 Å². The molecule has 0 amide bonds. The minimum atomic E-state index is 0.438. The molecule has 1 aromatic rings. The van der Waals surface area contributed by atoms with Crippen LogP contribution in [0.1, 0.15) is 58.3 Å². The fourth-order valence-electron chi connectivity index (χ4n) is 1.89. The highest BCUT2D eigenvalue weighted by molar-refractivity contribution is 6.29. The first-order chi connectivity index (χ1) is 8.83. The molecule has 0 atom stereocenters. The Kier molecular flexibility index (Phi) is 8.57. The average molecular weight is 270 g/mol. The van der Waals surface area contributed by atoms with E-state index in [-0.39, 0.29) is 0 Å². The summed E-state index contributed by atoms with van der Waals surface area (Å²) in [5, 5.41) is 11.4. The number of halogens is 1. The van der Waals surface area contributed by atoms with Crippen LogP contribution in [0.25, 0.3) is 0 Å². The highest BCUT2D eigenvalue weighted by Crippen LogP contribution is 2.09. The van der Waals surface area contributed by atoms with E-state index < -0.39 is 0 Å². The summed E-state index contributed by atoms with van der Waals surface area (Å²) >= 11 is 5.66. The van der Waals surface area contributed by atoms with Gasteiger partial charge in [-0.2, -0.15) is 0 Å². The van der Waals surface area contributed by atoms with Crippen LogP contribution in [0, 0.1) is 0 Å². The topological polar surface area (TPSA) is 37.8 Å². The molecule has 102 valence electrons. The first-order valence-electron chi connectivity index (χ1n) is 7.06. The molecule has 3 nitrogen and oxygen atoms in total. The normalized spacial score (nSPS) is 10.6. The van der Waals surface area contributed by atoms with Crippen LogP contribution in [-0.4, -0.2) is 16.7 Å². The zero-order chi connectivity index (χ0) is 13.1. The lowest BCUT2D eigenvalue weighted by molar-refractivity contribution is 0.581. The second kappa shape index (κ2) is 10.1. The van der Waals surface area contributed by atoms with Crippen LogP contribution in [0.5, 0.6) is 0 Å². The zero-order valence-electron chi connectivity index (χ0n) is 11.3. The monoisotopic (exact) mass is 269 g/mol. The molecule has 0 radical (unpaired) electrons. The molecular weight excluding hydrogens is 246 g/mol. The minimum absolute atomic E-state index is 0.438. The lowest BCUT2D eigenvalue weighted by Gasteiger charge is -2.04. The fourth-order valence-corrected chi connectivity index (χ4v) is 1.99. The molecule has 4 heteroatoms. The van der Waals surface area contributed by atoms with E-state index in [4.69, 9.17) is 11.6 Å². The van der Waals surface area contributed by atoms with Crippen molar-refractivity contribution >= 4 is 17.4 Å². The molecule has 0 saturated carbocycles. The molecule has 18 heavy (non-hydrogen) atoms. The Morgan fingerprint density at radius 3 is 2.22 bits per heavy atom. The second-order valence-electron chi connectivity index (χ2n) is 4.64. The summed E-state index contributed by atoms with van der Waals surface area (Å²) in [4.78, 5) is 0. The van der Waals surface area contributed by atoms with Gasteiger partial charge >= 0.3 is 0 Å². The highest BCUT2D eigenvalue weighted by atomic mass is 35.5. The summed E-state index contributed by atoms with van der Waals surface area (Å²) < 4.78 is 0. The molecule has 0 saturated heterocycles. The maximum atomic E-state index is 5.66. The van der Waals surface area contributed by atoms with Gasteiger partial charge < -0.3 is 5.32 Å². The van der Waals surface area contributed by atoms with Crippen molar-refractivity contribution in [3.8, 4) is 0 Å². The first-order valence-corrected chi connectivity index (χ1v) is 7.44. The van der Waals surface area contributed by atoms with E-state index in [2.05, 4.69) is 22.4 Å². The number of anilines is 1. The molecule has 0 spiro atoms. The van der Waals surface area contributed by atoms with Crippen molar-refractivity contribution in [1.82, 2.24) is 10.2 Å². The van der Waals surface area contributed by atoms with Crippen molar-refractivity contribution < 1.29 is 0 Å². The summed E-state index contributed by atoms with van der Waals surface area (Å²) in [5.74, 6) is 0.808. The van der Waals surface area contributed by atoms with E-state index in [9.17, 15) is 0 Å². The minimum Gasteiger partial charge on any atom is -0.369 e. The van der Waals surface area contributed by atoms with Crippen LogP contribution < -0.4 is 5.32 Å². The molecule has 1 N–H and O–H groups in total. The van der Waals surface area contributed by atoms with E-state index in [1.165, 1.54) is 51.4 Å². The third kappa shape index (κ3) is 7.49. The Hall–Kier alpha value is -0.830. The van der Waals surface area contributed by atoms with Gasteiger partial charge in [0.2, 0.25) is 0 Å². The molecule has 1 heterocycles. The SMILES string of the molecule is CCCCCCCCCCNc1ccc(Cl)nn1. The van der Waals surface area contributed by atoms with Crippen LogP contribution in [0.4, 0.5) is 5.82 Å². The Bertz CT molecular complexity index is 300. The highest BCUT2D eigenvalue weighted by Gasteiger charge is 1.95. The number of nitrogens with one attached hydrogen (secondary N) is 1. The zero-order valence-corrected chi connectivity index (χ0v) is 12.0. The van der Waals surface area contributed by atoms with Crippen molar-refractivity contribution in [1.29, 1.82) is 0 Å². The first kappa shape index (κ1) is 15.2. The summed E-state index contributed by atoms with van der Waals surface area (Å²) in [6, 6.07) is 3.62. The van der Waals surface area contributed by atoms with E-state index >= 15 is 0 Å². The van der Waals surface area contributed by atoms with Crippen LogP contribution in [-0.2, 0) is 0 Å². The van der Waals surface area contributed by atoms with Gasteiger partial charge in [0.05, 0.1) is 0 Å². The quantitative estimate of drug-likeness (QED) is 0.627. The van der Waals surface area contributed by atoms with Crippen molar-refractivity contribution in [2.45, 2.75) is 58.3 Å². The van der Waals surface area contributed by atoms with Gasteiger partial charge in [0.15, 0.2) is 5.15 Å². The van der Waals surface area contributed by atoms with E-state index in [1.54, 1.807) is 6.07 Å². The number of unbranched alkanes of at least 4 members (excludes halogenated alkanes) is 7. The van der Waals surface area contributed by atoms with Crippen LogP contribution in [0.15, 0.2) is 12.1 Å². The lowest BCUT2D eigenvalue weighted by atomic mass is 10.1. The second-order valence-corrected chi connectivity index (χ2v) is 5.03. The van der Waals surface area contributed by atoms with Gasteiger partial charge in [0.1, 0.15) is 5.82 Å². The summed E-state index contributed by atoms with van der Waals surface area (Å²) in [6.07, 6.45) is 10.7. The van der Waals surface area contributed by atoms with Gasteiger partial charge in [0, 0.05) is 6.54 Å². The summed E-state index contributed by atoms with van der Waals surface area (Å²) in [6.45, 7) is 3.22. The van der Waals surface area contributed by atoms with Crippen LogP contribution >= 0.6 is 11.6 Å². The number of hydrogen-bond acceptors (Lipinski definition) is 3. The number of aromatic nitrogens is 2. The number of rotatable bonds is 10.